The Balaban J connectivity index is 1.26. The molecule has 166 valence electrons. The van der Waals surface area contributed by atoms with Crippen LogP contribution >= 0.6 is 11.8 Å². The molecule has 0 spiro atoms. The second-order valence-corrected chi connectivity index (χ2v) is 9.03. The number of piperidine rings is 1. The third-order valence-corrected chi connectivity index (χ3v) is 6.57. The minimum absolute atomic E-state index is 0.0280. The van der Waals surface area contributed by atoms with Crippen molar-refractivity contribution in [3.63, 3.8) is 0 Å². The molecular formula is C25H27N3O3S. The minimum Gasteiger partial charge on any atom is -0.459 e. The second kappa shape index (κ2) is 10.5. The molecule has 2 heterocycles. The van der Waals surface area contributed by atoms with Crippen molar-refractivity contribution in [2.75, 3.05) is 25.0 Å². The fourth-order valence-electron chi connectivity index (χ4n) is 3.76. The highest BCUT2D eigenvalue weighted by Crippen LogP contribution is 2.33. The van der Waals surface area contributed by atoms with Gasteiger partial charge in [0.25, 0.3) is 5.91 Å². The van der Waals surface area contributed by atoms with Crippen molar-refractivity contribution in [3.8, 4) is 0 Å². The lowest BCUT2D eigenvalue weighted by molar-refractivity contribution is -0.117. The summed E-state index contributed by atoms with van der Waals surface area (Å²) in [6, 6.07) is 19.8. The number of benzene rings is 2. The maximum Gasteiger partial charge on any atom is 0.287 e. The fraction of sp³-hybridized carbons (Fsp3) is 0.280. The van der Waals surface area contributed by atoms with Gasteiger partial charge in [0.15, 0.2) is 5.76 Å². The van der Waals surface area contributed by atoms with E-state index in [0.717, 1.165) is 47.0 Å². The molecule has 0 radical (unpaired) electrons. The Morgan fingerprint density at radius 3 is 2.47 bits per heavy atom. The molecule has 4 rings (SSSR count). The third-order valence-electron chi connectivity index (χ3n) is 5.49. The lowest BCUT2D eigenvalue weighted by Gasteiger charge is -2.31. The number of furan rings is 1. The maximum atomic E-state index is 12.7. The molecule has 1 fully saturated rings. The fourth-order valence-corrected chi connectivity index (χ4v) is 4.68. The van der Waals surface area contributed by atoms with E-state index in [1.807, 2.05) is 49.4 Å². The van der Waals surface area contributed by atoms with E-state index in [2.05, 4.69) is 27.7 Å². The van der Waals surface area contributed by atoms with E-state index < -0.39 is 0 Å². The third kappa shape index (κ3) is 5.81. The van der Waals surface area contributed by atoms with Gasteiger partial charge in [-0.25, -0.2) is 0 Å². The number of aryl methyl sites for hydroxylation is 1. The summed E-state index contributed by atoms with van der Waals surface area (Å²) in [5.74, 6) is 0.176. The normalized spacial score (nSPS) is 14.8. The topological polar surface area (TPSA) is 74.6 Å². The Morgan fingerprint density at radius 2 is 1.75 bits per heavy atom. The summed E-state index contributed by atoms with van der Waals surface area (Å²) in [5, 5.41) is 6.11. The Hall–Kier alpha value is -3.03. The Labute approximate surface area is 192 Å². The summed E-state index contributed by atoms with van der Waals surface area (Å²) in [7, 11) is 0. The quantitative estimate of drug-likeness (QED) is 0.553. The van der Waals surface area contributed by atoms with Crippen molar-refractivity contribution in [2.24, 2.45) is 0 Å². The van der Waals surface area contributed by atoms with Crippen LogP contribution in [0.1, 0.15) is 29.0 Å². The molecule has 2 N–H and O–H groups in total. The molecule has 0 unspecified atom stereocenters. The number of nitrogens with zero attached hydrogens (tertiary/aromatic N) is 1. The predicted octanol–water partition coefficient (Wildman–Crippen LogP) is 4.57. The highest BCUT2D eigenvalue weighted by atomic mass is 32.2. The van der Waals surface area contributed by atoms with Crippen LogP contribution in [-0.4, -0.2) is 42.4 Å². The summed E-state index contributed by atoms with van der Waals surface area (Å²) in [5.41, 5.74) is 1.66. The van der Waals surface area contributed by atoms with E-state index in [4.69, 9.17) is 4.42 Å². The molecule has 3 aromatic rings. The van der Waals surface area contributed by atoms with Crippen LogP contribution in [0.25, 0.3) is 0 Å². The van der Waals surface area contributed by atoms with Crippen molar-refractivity contribution in [3.05, 3.63) is 78.3 Å². The molecule has 0 bridgehead atoms. The van der Waals surface area contributed by atoms with Crippen molar-refractivity contribution < 1.29 is 14.0 Å². The summed E-state index contributed by atoms with van der Waals surface area (Å²) >= 11 is 1.63. The molecule has 1 aliphatic rings. The smallest absolute Gasteiger partial charge is 0.287 e. The zero-order valence-electron chi connectivity index (χ0n) is 18.0. The molecule has 32 heavy (non-hydrogen) atoms. The van der Waals surface area contributed by atoms with E-state index in [1.54, 1.807) is 17.8 Å². The van der Waals surface area contributed by atoms with Gasteiger partial charge < -0.3 is 15.1 Å². The van der Waals surface area contributed by atoms with Gasteiger partial charge in [0.2, 0.25) is 5.91 Å². The van der Waals surface area contributed by atoms with Crippen molar-refractivity contribution >= 4 is 29.3 Å². The molecule has 0 aliphatic carbocycles. The Morgan fingerprint density at radius 1 is 1.03 bits per heavy atom. The number of carbonyl (C=O) groups is 2. The predicted molar refractivity (Wildman–Crippen MR) is 126 cm³/mol. The van der Waals surface area contributed by atoms with E-state index in [-0.39, 0.29) is 17.9 Å². The van der Waals surface area contributed by atoms with Crippen molar-refractivity contribution in [1.82, 2.24) is 10.2 Å². The van der Waals surface area contributed by atoms with Gasteiger partial charge >= 0.3 is 0 Å². The Kier molecular flexibility index (Phi) is 7.29. The number of amides is 2. The van der Waals surface area contributed by atoms with E-state index >= 15 is 0 Å². The molecule has 6 nitrogen and oxygen atoms in total. The molecule has 2 amide bonds. The van der Waals surface area contributed by atoms with Crippen molar-refractivity contribution in [1.29, 1.82) is 0 Å². The minimum atomic E-state index is -0.170. The van der Waals surface area contributed by atoms with Gasteiger partial charge in [-0.1, -0.05) is 42.1 Å². The first-order chi connectivity index (χ1) is 15.6. The van der Waals surface area contributed by atoms with Crippen LogP contribution in [-0.2, 0) is 4.79 Å². The van der Waals surface area contributed by atoms with Crippen LogP contribution in [0.4, 0.5) is 5.69 Å². The molecule has 1 saturated heterocycles. The van der Waals surface area contributed by atoms with Gasteiger partial charge in [-0.15, -0.1) is 0 Å². The summed E-state index contributed by atoms with van der Waals surface area (Å²) in [4.78, 5) is 29.3. The van der Waals surface area contributed by atoms with Gasteiger partial charge in [-0.3, -0.25) is 14.5 Å². The Bertz CT molecular complexity index is 1060. The molecule has 0 atom stereocenters. The van der Waals surface area contributed by atoms with Crippen LogP contribution in [0.5, 0.6) is 0 Å². The first-order valence-corrected chi connectivity index (χ1v) is 11.6. The zero-order valence-corrected chi connectivity index (χ0v) is 18.9. The summed E-state index contributed by atoms with van der Waals surface area (Å²) < 4.78 is 5.27. The molecule has 0 saturated carbocycles. The van der Waals surface area contributed by atoms with Gasteiger partial charge in [-0.05, 0) is 50.1 Å². The number of likely N-dealkylation sites (tertiary alicyclic amines) is 1. The van der Waals surface area contributed by atoms with E-state index in [0.29, 0.717) is 12.3 Å². The first-order valence-electron chi connectivity index (χ1n) is 10.8. The highest BCUT2D eigenvalue weighted by molar-refractivity contribution is 7.99. The molecule has 1 aromatic heterocycles. The second-order valence-electron chi connectivity index (χ2n) is 7.92. The van der Waals surface area contributed by atoms with Crippen LogP contribution in [0.2, 0.25) is 0 Å². The number of rotatable bonds is 7. The van der Waals surface area contributed by atoms with Gasteiger partial charge in [0.1, 0.15) is 0 Å². The number of anilines is 1. The standard InChI is InChI=1S/C25H27N3O3S/c1-18-13-16-31-24(18)25(30)26-19-11-14-28(15-12-19)17-23(29)27-21-9-5-6-10-22(21)32-20-7-3-2-4-8-20/h2-10,13,16,19H,11-12,14-15,17H2,1H3,(H,26,30)(H,27,29). The largest absolute Gasteiger partial charge is 0.459 e. The number of nitrogens with one attached hydrogen (secondary N) is 2. The average Bonchev–Trinajstić information content (AvgIpc) is 3.23. The monoisotopic (exact) mass is 449 g/mol. The zero-order chi connectivity index (χ0) is 22.3. The van der Waals surface area contributed by atoms with Crippen LogP contribution < -0.4 is 10.6 Å². The molecule has 1 aliphatic heterocycles. The SMILES string of the molecule is Cc1ccoc1C(=O)NC1CCN(CC(=O)Nc2ccccc2Sc2ccccc2)CC1. The van der Waals surface area contributed by atoms with Gasteiger partial charge in [0, 0.05) is 34.5 Å². The van der Waals surface area contributed by atoms with Crippen molar-refractivity contribution in [2.45, 2.75) is 35.6 Å². The van der Waals surface area contributed by atoms with Gasteiger partial charge in [0.05, 0.1) is 18.5 Å². The summed E-state index contributed by atoms with van der Waals surface area (Å²) in [6.07, 6.45) is 3.14. The van der Waals surface area contributed by atoms with Crippen LogP contribution in [0, 0.1) is 6.92 Å². The van der Waals surface area contributed by atoms with Gasteiger partial charge in [-0.2, -0.15) is 0 Å². The highest BCUT2D eigenvalue weighted by Gasteiger charge is 2.24. The summed E-state index contributed by atoms with van der Waals surface area (Å²) in [6.45, 7) is 3.71. The number of para-hydroxylation sites is 1. The number of carbonyl (C=O) groups excluding carboxylic acids is 2. The average molecular weight is 450 g/mol. The lowest BCUT2D eigenvalue weighted by Crippen LogP contribution is -2.46. The lowest BCUT2D eigenvalue weighted by atomic mass is 10.0. The number of hydrogen-bond donors (Lipinski definition) is 2. The van der Waals surface area contributed by atoms with E-state index in [1.165, 1.54) is 6.26 Å². The maximum absolute atomic E-state index is 12.7. The molecule has 2 aromatic carbocycles. The molecular weight excluding hydrogens is 422 g/mol. The number of hydrogen-bond acceptors (Lipinski definition) is 5. The van der Waals surface area contributed by atoms with Crippen LogP contribution in [0.15, 0.2) is 81.1 Å². The first kappa shape index (κ1) is 22.2. The molecule has 7 heteroatoms. The van der Waals surface area contributed by atoms with E-state index in [9.17, 15) is 9.59 Å². The van der Waals surface area contributed by atoms with Crippen LogP contribution in [0.3, 0.4) is 0 Å².